The average molecular weight is 402 g/mol. The summed E-state index contributed by atoms with van der Waals surface area (Å²) in [5, 5.41) is 0. The molecule has 0 atom stereocenters. The van der Waals surface area contributed by atoms with Crippen LogP contribution < -0.4 is 4.74 Å². The molecule has 1 aliphatic heterocycles. The second kappa shape index (κ2) is 9.83. The molecule has 0 aliphatic carbocycles. The van der Waals surface area contributed by atoms with Gasteiger partial charge in [-0.05, 0) is 68.2 Å². The molecule has 0 radical (unpaired) electrons. The number of aromatic nitrogens is 2. The summed E-state index contributed by atoms with van der Waals surface area (Å²) >= 11 is 0. The van der Waals surface area contributed by atoms with Gasteiger partial charge in [0.1, 0.15) is 17.2 Å². The summed E-state index contributed by atoms with van der Waals surface area (Å²) in [7, 11) is 1.68. The van der Waals surface area contributed by atoms with E-state index in [0.717, 1.165) is 66.6 Å². The zero-order valence-electron chi connectivity index (χ0n) is 17.2. The highest BCUT2D eigenvalue weighted by atomic mass is 16.5. The molecule has 4 rings (SSSR count). The third-order valence-electron chi connectivity index (χ3n) is 5.02. The van der Waals surface area contributed by atoms with Crippen LogP contribution >= 0.6 is 0 Å². The Morgan fingerprint density at radius 2 is 1.87 bits per heavy atom. The lowest BCUT2D eigenvalue weighted by Crippen LogP contribution is -1.97. The molecule has 0 unspecified atom stereocenters. The smallest absolute Gasteiger partial charge is 0.146 e. The van der Waals surface area contributed by atoms with E-state index in [1.807, 2.05) is 60.8 Å². The van der Waals surface area contributed by atoms with E-state index < -0.39 is 0 Å². The van der Waals surface area contributed by atoms with Crippen LogP contribution in [-0.2, 0) is 11.2 Å². The van der Waals surface area contributed by atoms with Crippen molar-refractivity contribution in [1.82, 2.24) is 9.97 Å². The number of aromatic amines is 2. The Bertz CT molecular complexity index is 1030. The molecule has 5 heteroatoms. The van der Waals surface area contributed by atoms with Crippen LogP contribution in [0.15, 0.2) is 83.3 Å². The molecule has 30 heavy (non-hydrogen) atoms. The first-order valence-electron chi connectivity index (χ1n) is 10.4. The Hall–Kier alpha value is -3.47. The fraction of sp³-hybridized carbons (Fsp3) is 0.240. The van der Waals surface area contributed by atoms with Crippen LogP contribution in [0.25, 0.3) is 6.08 Å². The van der Waals surface area contributed by atoms with Crippen LogP contribution in [-0.4, -0.2) is 29.4 Å². The van der Waals surface area contributed by atoms with E-state index in [1.165, 1.54) is 5.69 Å². The van der Waals surface area contributed by atoms with Gasteiger partial charge in [-0.2, -0.15) is 0 Å². The Morgan fingerprint density at radius 1 is 0.967 bits per heavy atom. The average Bonchev–Trinajstić information content (AvgIpc) is 3.52. The molecule has 1 aromatic carbocycles. The van der Waals surface area contributed by atoms with Crippen molar-refractivity contribution in [2.75, 3.05) is 13.7 Å². The maximum Gasteiger partial charge on any atom is 0.146 e. The lowest BCUT2D eigenvalue weighted by Gasteiger charge is -2.05. The summed E-state index contributed by atoms with van der Waals surface area (Å²) in [6.07, 6.45) is 10.2. The largest absolute Gasteiger partial charge is 0.494 e. The third-order valence-corrected chi connectivity index (χ3v) is 5.02. The van der Waals surface area contributed by atoms with Crippen molar-refractivity contribution in [3.63, 3.8) is 0 Å². The fourth-order valence-electron chi connectivity index (χ4n) is 3.45. The second-order valence-electron chi connectivity index (χ2n) is 7.23. The molecule has 2 aromatic heterocycles. The molecule has 3 heterocycles. The molecule has 0 saturated heterocycles. The quantitative estimate of drug-likeness (QED) is 0.440. The molecular formula is C25H27N3O2. The highest BCUT2D eigenvalue weighted by molar-refractivity contribution is 6.11. The van der Waals surface area contributed by atoms with Crippen LogP contribution in [0.3, 0.4) is 0 Å². The molecule has 0 bridgehead atoms. The minimum absolute atomic E-state index is 0.763. The molecule has 0 spiro atoms. The Balaban J connectivity index is 1.26. The van der Waals surface area contributed by atoms with Crippen molar-refractivity contribution < 1.29 is 9.47 Å². The monoisotopic (exact) mass is 401 g/mol. The number of methoxy groups -OCH3 is 1. The van der Waals surface area contributed by atoms with Crippen molar-refractivity contribution in [3.8, 4) is 5.75 Å². The molecular weight excluding hydrogens is 374 g/mol. The second-order valence-corrected chi connectivity index (χ2v) is 7.23. The number of hydrogen-bond acceptors (Lipinski definition) is 3. The zero-order valence-corrected chi connectivity index (χ0v) is 17.2. The van der Waals surface area contributed by atoms with Gasteiger partial charge in [-0.25, -0.2) is 4.99 Å². The van der Waals surface area contributed by atoms with E-state index >= 15 is 0 Å². The first kappa shape index (κ1) is 19.8. The highest BCUT2D eigenvalue weighted by Gasteiger charge is 2.17. The van der Waals surface area contributed by atoms with Gasteiger partial charge < -0.3 is 19.4 Å². The van der Waals surface area contributed by atoms with E-state index in [1.54, 1.807) is 7.11 Å². The summed E-state index contributed by atoms with van der Waals surface area (Å²) < 4.78 is 11.2. The number of H-pyrrole nitrogens is 2. The summed E-state index contributed by atoms with van der Waals surface area (Å²) in [4.78, 5) is 11.4. The maximum absolute atomic E-state index is 5.75. The van der Waals surface area contributed by atoms with Crippen LogP contribution in [0.1, 0.15) is 36.3 Å². The summed E-state index contributed by atoms with van der Waals surface area (Å²) in [6, 6.07) is 18.2. The number of nitrogens with zero attached hydrogens (tertiary/aromatic N) is 1. The molecule has 1 aliphatic rings. The SMILES string of the molecule is COC1=CC(c2ccc[nH]2)=NC1=Cc1ccc(CCCCCOc2ccccc2)[nH]1. The van der Waals surface area contributed by atoms with Gasteiger partial charge in [-0.3, -0.25) is 0 Å². The molecule has 154 valence electrons. The minimum Gasteiger partial charge on any atom is -0.494 e. The van der Waals surface area contributed by atoms with E-state index in [2.05, 4.69) is 22.1 Å². The molecule has 0 saturated carbocycles. The predicted octanol–water partition coefficient (Wildman–Crippen LogP) is 5.51. The topological polar surface area (TPSA) is 62.4 Å². The number of allylic oxidation sites excluding steroid dienone is 1. The van der Waals surface area contributed by atoms with Crippen LogP contribution in [0.2, 0.25) is 0 Å². The van der Waals surface area contributed by atoms with Gasteiger partial charge in [0, 0.05) is 23.7 Å². The number of para-hydroxylation sites is 1. The number of unbranched alkanes of at least 4 members (excludes halogenated alkanes) is 2. The van der Waals surface area contributed by atoms with E-state index in [-0.39, 0.29) is 0 Å². The summed E-state index contributed by atoms with van der Waals surface area (Å²) in [5.41, 5.74) is 4.96. The van der Waals surface area contributed by atoms with Crippen molar-refractivity contribution >= 4 is 11.8 Å². The third kappa shape index (κ3) is 5.11. The first-order valence-corrected chi connectivity index (χ1v) is 10.4. The lowest BCUT2D eigenvalue weighted by molar-refractivity contribution is 0.303. The Kier molecular flexibility index (Phi) is 6.50. The van der Waals surface area contributed by atoms with Crippen molar-refractivity contribution in [3.05, 3.63) is 95.4 Å². The minimum atomic E-state index is 0.763. The number of aliphatic imine (C=N–C) groups is 1. The van der Waals surface area contributed by atoms with Crippen molar-refractivity contribution in [1.29, 1.82) is 0 Å². The van der Waals surface area contributed by atoms with Crippen molar-refractivity contribution in [2.45, 2.75) is 25.7 Å². The van der Waals surface area contributed by atoms with E-state index in [9.17, 15) is 0 Å². The number of ether oxygens (including phenoxy) is 2. The van der Waals surface area contributed by atoms with Gasteiger partial charge in [0.15, 0.2) is 0 Å². The van der Waals surface area contributed by atoms with Crippen LogP contribution in [0.5, 0.6) is 5.75 Å². The van der Waals surface area contributed by atoms with Gasteiger partial charge in [0.2, 0.25) is 0 Å². The molecule has 0 fully saturated rings. The number of hydrogen-bond donors (Lipinski definition) is 2. The number of nitrogens with one attached hydrogen (secondary N) is 2. The van der Waals surface area contributed by atoms with Crippen LogP contribution in [0.4, 0.5) is 0 Å². The standard InChI is InChI=1S/C25H27N3O2/c1-29-25-18-23(22-12-8-15-26-22)28-24(25)17-20-14-13-19(27-20)9-4-3-7-16-30-21-10-5-2-6-11-21/h2,5-6,8,10-15,17-18,26-27H,3-4,7,9,16H2,1H3. The summed E-state index contributed by atoms with van der Waals surface area (Å²) in [5.74, 6) is 1.71. The highest BCUT2D eigenvalue weighted by Crippen LogP contribution is 2.24. The van der Waals surface area contributed by atoms with Gasteiger partial charge >= 0.3 is 0 Å². The summed E-state index contributed by atoms with van der Waals surface area (Å²) in [6.45, 7) is 0.763. The Morgan fingerprint density at radius 3 is 2.67 bits per heavy atom. The number of rotatable bonds is 10. The molecule has 0 amide bonds. The number of benzene rings is 1. The van der Waals surface area contributed by atoms with Gasteiger partial charge in [-0.15, -0.1) is 0 Å². The van der Waals surface area contributed by atoms with Gasteiger partial charge in [0.25, 0.3) is 0 Å². The lowest BCUT2D eigenvalue weighted by atomic mass is 10.1. The first-order chi connectivity index (χ1) is 14.8. The molecule has 3 aromatic rings. The Labute approximate surface area is 177 Å². The fourth-order valence-corrected chi connectivity index (χ4v) is 3.45. The van der Waals surface area contributed by atoms with Gasteiger partial charge in [-0.1, -0.05) is 18.2 Å². The number of aryl methyl sites for hydroxylation is 1. The van der Waals surface area contributed by atoms with Crippen LogP contribution in [0, 0.1) is 0 Å². The maximum atomic E-state index is 5.75. The van der Waals surface area contributed by atoms with Crippen molar-refractivity contribution in [2.24, 2.45) is 4.99 Å². The molecule has 5 nitrogen and oxygen atoms in total. The van der Waals surface area contributed by atoms with E-state index in [4.69, 9.17) is 14.5 Å². The predicted molar refractivity (Wildman–Crippen MR) is 121 cm³/mol. The normalized spacial score (nSPS) is 14.6. The van der Waals surface area contributed by atoms with E-state index in [0.29, 0.717) is 0 Å². The molecule has 2 N–H and O–H groups in total. The zero-order chi connectivity index (χ0) is 20.6. The van der Waals surface area contributed by atoms with Gasteiger partial charge in [0.05, 0.1) is 25.1 Å².